The van der Waals surface area contributed by atoms with E-state index in [1.165, 1.54) is 7.11 Å². The summed E-state index contributed by atoms with van der Waals surface area (Å²) in [5.74, 6) is -0.0340. The van der Waals surface area contributed by atoms with Crippen molar-refractivity contribution in [2.45, 2.75) is 6.10 Å². The lowest BCUT2D eigenvalue weighted by Crippen LogP contribution is -2.48. The van der Waals surface area contributed by atoms with E-state index in [-0.39, 0.29) is 12.5 Å². The molecule has 1 saturated heterocycles. The Bertz CT molecular complexity index is 165. The molecule has 0 aromatic rings. The van der Waals surface area contributed by atoms with Crippen LogP contribution in [0.5, 0.6) is 0 Å². The highest BCUT2D eigenvalue weighted by molar-refractivity contribution is 5.81. The van der Waals surface area contributed by atoms with E-state index in [0.29, 0.717) is 26.3 Å². The molecule has 13 heavy (non-hydrogen) atoms. The molecule has 0 radical (unpaired) electrons. The molecule has 5 heteroatoms. The van der Waals surface area contributed by atoms with Gasteiger partial charge in [-0.15, -0.1) is 0 Å². The largest absolute Gasteiger partial charge is 0.378 e. The Balaban J connectivity index is 2.44. The monoisotopic (exact) mass is 188 g/mol. The molecule has 0 aliphatic carbocycles. The van der Waals surface area contributed by atoms with Gasteiger partial charge in [-0.2, -0.15) is 0 Å². The van der Waals surface area contributed by atoms with Gasteiger partial charge in [0.05, 0.1) is 13.2 Å². The minimum Gasteiger partial charge on any atom is -0.378 e. The van der Waals surface area contributed by atoms with Crippen molar-refractivity contribution >= 4 is 5.91 Å². The molecule has 1 heterocycles. The topological polar surface area (TPSA) is 64.8 Å². The molecule has 0 aromatic carbocycles. The average Bonchev–Trinajstić information content (AvgIpc) is 2.21. The standard InChI is InChI=1S/C8H16N2O3/c1-12-7(6-9)8(11)10-2-4-13-5-3-10/h7H,2-6,9H2,1H3. The average molecular weight is 188 g/mol. The number of carbonyl (C=O) groups excluding carboxylic acids is 1. The van der Waals surface area contributed by atoms with E-state index in [4.69, 9.17) is 15.2 Å². The summed E-state index contributed by atoms with van der Waals surface area (Å²) in [6, 6.07) is 0. The summed E-state index contributed by atoms with van der Waals surface area (Å²) in [6.07, 6.45) is -0.502. The summed E-state index contributed by atoms with van der Waals surface area (Å²) >= 11 is 0. The van der Waals surface area contributed by atoms with Crippen LogP contribution in [0.1, 0.15) is 0 Å². The van der Waals surface area contributed by atoms with Crippen molar-refractivity contribution in [1.29, 1.82) is 0 Å². The highest BCUT2D eigenvalue weighted by Crippen LogP contribution is 2.01. The van der Waals surface area contributed by atoms with Crippen LogP contribution in [-0.4, -0.2) is 56.9 Å². The Morgan fingerprint density at radius 2 is 2.23 bits per heavy atom. The third-order valence-corrected chi connectivity index (χ3v) is 2.10. The Morgan fingerprint density at radius 3 is 2.69 bits per heavy atom. The Labute approximate surface area is 77.8 Å². The second-order valence-electron chi connectivity index (χ2n) is 2.90. The second-order valence-corrected chi connectivity index (χ2v) is 2.90. The van der Waals surface area contributed by atoms with Crippen LogP contribution in [0.25, 0.3) is 0 Å². The van der Waals surface area contributed by atoms with Crippen molar-refractivity contribution in [3.05, 3.63) is 0 Å². The first-order valence-electron chi connectivity index (χ1n) is 4.39. The van der Waals surface area contributed by atoms with Crippen molar-refractivity contribution in [1.82, 2.24) is 4.90 Å². The number of nitrogens with zero attached hydrogens (tertiary/aromatic N) is 1. The summed E-state index contributed by atoms with van der Waals surface area (Å²) in [4.78, 5) is 13.4. The molecule has 1 unspecified atom stereocenters. The highest BCUT2D eigenvalue weighted by atomic mass is 16.5. The lowest BCUT2D eigenvalue weighted by atomic mass is 10.3. The van der Waals surface area contributed by atoms with E-state index in [0.717, 1.165) is 0 Å². The third-order valence-electron chi connectivity index (χ3n) is 2.10. The predicted octanol–water partition coefficient (Wildman–Crippen LogP) is -1.18. The molecule has 0 bridgehead atoms. The molecular formula is C8H16N2O3. The minimum absolute atomic E-state index is 0.0340. The molecule has 0 aromatic heterocycles. The third kappa shape index (κ3) is 2.65. The van der Waals surface area contributed by atoms with Gasteiger partial charge in [-0.3, -0.25) is 4.79 Å². The van der Waals surface area contributed by atoms with Crippen molar-refractivity contribution in [2.75, 3.05) is 40.0 Å². The lowest BCUT2D eigenvalue weighted by molar-refractivity contribution is -0.145. The Morgan fingerprint density at radius 1 is 1.62 bits per heavy atom. The van der Waals surface area contributed by atoms with E-state index in [1.54, 1.807) is 4.90 Å². The van der Waals surface area contributed by atoms with E-state index in [1.807, 2.05) is 0 Å². The number of carbonyl (C=O) groups is 1. The van der Waals surface area contributed by atoms with Gasteiger partial charge >= 0.3 is 0 Å². The van der Waals surface area contributed by atoms with Crippen molar-refractivity contribution in [2.24, 2.45) is 5.73 Å². The quantitative estimate of drug-likeness (QED) is 0.605. The predicted molar refractivity (Wildman–Crippen MR) is 47.3 cm³/mol. The number of ether oxygens (including phenoxy) is 2. The van der Waals surface area contributed by atoms with E-state index < -0.39 is 6.10 Å². The number of hydrogen-bond donors (Lipinski definition) is 1. The molecule has 0 saturated carbocycles. The molecule has 1 atom stereocenters. The van der Waals surface area contributed by atoms with Crippen molar-refractivity contribution < 1.29 is 14.3 Å². The maximum absolute atomic E-state index is 11.6. The van der Waals surface area contributed by atoms with Crippen LogP contribution in [0.3, 0.4) is 0 Å². The summed E-state index contributed by atoms with van der Waals surface area (Å²) in [5, 5.41) is 0. The number of rotatable bonds is 3. The normalized spacial score (nSPS) is 20.0. The molecule has 2 N–H and O–H groups in total. The fourth-order valence-electron chi connectivity index (χ4n) is 1.29. The minimum atomic E-state index is -0.502. The van der Waals surface area contributed by atoms with Crippen LogP contribution in [0.4, 0.5) is 0 Å². The number of morpholine rings is 1. The number of nitrogens with two attached hydrogens (primary N) is 1. The van der Waals surface area contributed by atoms with Crippen LogP contribution in [0.15, 0.2) is 0 Å². The van der Waals surface area contributed by atoms with Gasteiger partial charge in [-0.1, -0.05) is 0 Å². The maximum Gasteiger partial charge on any atom is 0.253 e. The summed E-state index contributed by atoms with van der Waals surface area (Å²) in [6.45, 7) is 2.71. The van der Waals surface area contributed by atoms with Crippen molar-refractivity contribution in [3.8, 4) is 0 Å². The molecule has 1 fully saturated rings. The van der Waals surface area contributed by atoms with Crippen LogP contribution in [0.2, 0.25) is 0 Å². The van der Waals surface area contributed by atoms with Crippen LogP contribution >= 0.6 is 0 Å². The van der Waals surface area contributed by atoms with Gasteiger partial charge in [0.25, 0.3) is 5.91 Å². The fourth-order valence-corrected chi connectivity index (χ4v) is 1.29. The highest BCUT2D eigenvalue weighted by Gasteiger charge is 2.24. The second kappa shape index (κ2) is 5.16. The van der Waals surface area contributed by atoms with Crippen LogP contribution in [0, 0.1) is 0 Å². The molecule has 1 amide bonds. The molecule has 1 aliphatic heterocycles. The van der Waals surface area contributed by atoms with E-state index in [2.05, 4.69) is 0 Å². The first kappa shape index (κ1) is 10.4. The van der Waals surface area contributed by atoms with Crippen LogP contribution in [-0.2, 0) is 14.3 Å². The number of methoxy groups -OCH3 is 1. The van der Waals surface area contributed by atoms with Crippen molar-refractivity contribution in [3.63, 3.8) is 0 Å². The molecule has 76 valence electrons. The maximum atomic E-state index is 11.6. The van der Waals surface area contributed by atoms with E-state index in [9.17, 15) is 4.79 Å². The van der Waals surface area contributed by atoms with Gasteiger partial charge in [0, 0.05) is 26.7 Å². The van der Waals surface area contributed by atoms with Crippen LogP contribution < -0.4 is 5.73 Å². The van der Waals surface area contributed by atoms with Gasteiger partial charge in [0.1, 0.15) is 6.10 Å². The number of amides is 1. The molecule has 1 aliphatic rings. The first-order valence-corrected chi connectivity index (χ1v) is 4.39. The fraction of sp³-hybridized carbons (Fsp3) is 0.875. The summed E-state index contributed by atoms with van der Waals surface area (Å²) < 4.78 is 10.1. The van der Waals surface area contributed by atoms with Gasteiger partial charge < -0.3 is 20.1 Å². The lowest BCUT2D eigenvalue weighted by Gasteiger charge is -2.29. The molecule has 1 rings (SSSR count). The van der Waals surface area contributed by atoms with Gasteiger partial charge in [0.15, 0.2) is 0 Å². The molecular weight excluding hydrogens is 172 g/mol. The summed E-state index contributed by atoms with van der Waals surface area (Å²) in [5.41, 5.74) is 5.39. The van der Waals surface area contributed by atoms with Gasteiger partial charge in [0.2, 0.25) is 0 Å². The molecule has 0 spiro atoms. The van der Waals surface area contributed by atoms with Gasteiger partial charge in [-0.05, 0) is 0 Å². The SMILES string of the molecule is COC(CN)C(=O)N1CCOCC1. The first-order chi connectivity index (χ1) is 6.29. The molecule has 5 nitrogen and oxygen atoms in total. The summed E-state index contributed by atoms with van der Waals surface area (Å²) in [7, 11) is 1.50. The zero-order valence-corrected chi connectivity index (χ0v) is 7.86. The van der Waals surface area contributed by atoms with E-state index >= 15 is 0 Å². The Hall–Kier alpha value is -0.650. The Kier molecular flexibility index (Phi) is 4.14. The van der Waals surface area contributed by atoms with Gasteiger partial charge in [-0.25, -0.2) is 0 Å². The zero-order chi connectivity index (χ0) is 9.68. The number of hydrogen-bond acceptors (Lipinski definition) is 4. The smallest absolute Gasteiger partial charge is 0.253 e. The zero-order valence-electron chi connectivity index (χ0n) is 7.86.